The Labute approximate surface area is 189 Å². The van der Waals surface area contributed by atoms with Crippen molar-refractivity contribution in [2.75, 3.05) is 26.3 Å². The summed E-state index contributed by atoms with van der Waals surface area (Å²) in [7, 11) is 0. The van der Waals surface area contributed by atoms with E-state index in [9.17, 15) is 4.79 Å². The molecule has 2 aromatic heterocycles. The molecule has 8 heteroatoms. The summed E-state index contributed by atoms with van der Waals surface area (Å²) in [5, 5.41) is 1.75. The lowest BCUT2D eigenvalue weighted by atomic mass is 10.0. The number of allylic oxidation sites excluding steroid dienone is 1. The van der Waals surface area contributed by atoms with Gasteiger partial charge >= 0.3 is 0 Å². The molecule has 0 saturated carbocycles. The number of hydrogen-bond donors (Lipinski definition) is 0. The number of nitrogens with zero attached hydrogens (tertiary/aromatic N) is 4. The maximum atomic E-state index is 11.7. The zero-order valence-electron chi connectivity index (χ0n) is 17.0. The van der Waals surface area contributed by atoms with E-state index in [1.54, 1.807) is 11.3 Å². The Balaban J connectivity index is 1.52. The van der Waals surface area contributed by atoms with Crippen molar-refractivity contribution in [2.24, 2.45) is 4.99 Å². The molecular weight excluding hydrogens is 432 g/mol. The molecule has 4 heterocycles. The Morgan fingerprint density at radius 3 is 2.90 bits per heavy atom. The average molecular weight is 453 g/mol. The van der Waals surface area contributed by atoms with E-state index in [1.165, 1.54) is 0 Å². The summed E-state index contributed by atoms with van der Waals surface area (Å²) in [6.45, 7) is 4.72. The van der Waals surface area contributed by atoms with Crippen LogP contribution < -0.4 is 0 Å². The average Bonchev–Trinajstić information content (AvgIpc) is 3.33. The van der Waals surface area contributed by atoms with E-state index in [0.717, 1.165) is 45.6 Å². The molecule has 1 atom stereocenters. The number of imidazole rings is 1. The van der Waals surface area contributed by atoms with Crippen LogP contribution in [0, 0.1) is 6.92 Å². The number of thiophene rings is 1. The van der Waals surface area contributed by atoms with Crippen LogP contribution >= 0.6 is 22.9 Å². The number of aryl methyl sites for hydroxylation is 1. The van der Waals surface area contributed by atoms with Crippen LogP contribution in [0.1, 0.15) is 33.6 Å². The molecule has 0 bridgehead atoms. The molecule has 1 saturated heterocycles. The van der Waals surface area contributed by atoms with Crippen LogP contribution in [-0.2, 0) is 16.0 Å². The minimum Gasteiger partial charge on any atom is -0.378 e. The van der Waals surface area contributed by atoms with Gasteiger partial charge in [-0.25, -0.2) is 9.78 Å². The SMILES string of the molecule is Cc1ncc2n1-c1sc(CC(=C=O)N3CCOCC3)cc1C=NC2c1ccccc1Cl. The summed E-state index contributed by atoms with van der Waals surface area (Å²) in [5.41, 5.74) is 3.63. The quantitative estimate of drug-likeness (QED) is 0.561. The molecule has 5 rings (SSSR count). The first-order chi connectivity index (χ1) is 15.2. The molecular formula is C23H21ClN4O2S. The molecule has 3 aromatic rings. The minimum absolute atomic E-state index is 0.225. The van der Waals surface area contributed by atoms with Crippen molar-refractivity contribution >= 4 is 35.1 Å². The predicted molar refractivity (Wildman–Crippen MR) is 122 cm³/mol. The molecule has 0 aliphatic carbocycles. The van der Waals surface area contributed by atoms with Gasteiger partial charge < -0.3 is 9.64 Å². The molecule has 1 aromatic carbocycles. The standard InChI is InChI=1S/C23H21ClN4O2S/c1-15-25-13-21-22(19-4-2-3-5-20(19)24)26-12-16-10-18(31-23(16)28(15)21)11-17(14-29)27-6-8-30-9-7-27/h2-5,10,12-13,22H,6-9,11H2,1H3. The van der Waals surface area contributed by atoms with Crippen LogP contribution in [0.3, 0.4) is 0 Å². The highest BCUT2D eigenvalue weighted by Crippen LogP contribution is 2.38. The van der Waals surface area contributed by atoms with Gasteiger partial charge in [-0.1, -0.05) is 29.8 Å². The normalized spacial score (nSPS) is 17.6. The maximum absolute atomic E-state index is 11.7. The summed E-state index contributed by atoms with van der Waals surface area (Å²) in [6, 6.07) is 9.67. The van der Waals surface area contributed by atoms with Gasteiger partial charge in [-0.05, 0) is 19.1 Å². The summed E-state index contributed by atoms with van der Waals surface area (Å²) in [4.78, 5) is 24.3. The number of ether oxygens (including phenoxy) is 1. The third-order valence-electron chi connectivity index (χ3n) is 5.65. The first-order valence-corrected chi connectivity index (χ1v) is 11.4. The lowest BCUT2D eigenvalue weighted by molar-refractivity contribution is 0.0533. The smallest absolute Gasteiger partial charge is 0.146 e. The maximum Gasteiger partial charge on any atom is 0.146 e. The summed E-state index contributed by atoms with van der Waals surface area (Å²) < 4.78 is 7.56. The Kier molecular flexibility index (Phi) is 5.50. The van der Waals surface area contributed by atoms with E-state index < -0.39 is 0 Å². The van der Waals surface area contributed by atoms with Crippen molar-refractivity contribution in [3.63, 3.8) is 0 Å². The van der Waals surface area contributed by atoms with Gasteiger partial charge in [0.1, 0.15) is 28.5 Å². The zero-order chi connectivity index (χ0) is 21.4. The molecule has 2 aliphatic rings. The van der Waals surface area contributed by atoms with Crippen LogP contribution in [0.25, 0.3) is 5.00 Å². The Morgan fingerprint density at radius 1 is 1.32 bits per heavy atom. The molecule has 1 fully saturated rings. The molecule has 0 N–H and O–H groups in total. The number of rotatable bonds is 4. The van der Waals surface area contributed by atoms with Crippen molar-refractivity contribution in [3.05, 3.63) is 74.8 Å². The number of hydrogen-bond acceptors (Lipinski definition) is 6. The Bertz CT molecular complexity index is 1200. The van der Waals surface area contributed by atoms with E-state index in [2.05, 4.69) is 26.5 Å². The van der Waals surface area contributed by atoms with E-state index in [4.69, 9.17) is 21.3 Å². The van der Waals surface area contributed by atoms with Crippen molar-refractivity contribution in [2.45, 2.75) is 19.4 Å². The summed E-state index contributed by atoms with van der Waals surface area (Å²) >= 11 is 8.15. The van der Waals surface area contributed by atoms with E-state index in [-0.39, 0.29) is 6.04 Å². The fourth-order valence-corrected chi connectivity index (χ4v) is 5.54. The zero-order valence-corrected chi connectivity index (χ0v) is 18.6. The van der Waals surface area contributed by atoms with Crippen LogP contribution in [0.15, 0.2) is 47.2 Å². The summed E-state index contributed by atoms with van der Waals surface area (Å²) in [6.07, 6.45) is 4.33. The molecule has 0 spiro atoms. The van der Waals surface area contributed by atoms with Crippen molar-refractivity contribution in [1.29, 1.82) is 0 Å². The third-order valence-corrected chi connectivity index (χ3v) is 7.13. The highest BCUT2D eigenvalue weighted by atomic mass is 35.5. The van der Waals surface area contributed by atoms with Gasteiger partial charge in [-0.3, -0.25) is 9.56 Å². The number of aromatic nitrogens is 2. The van der Waals surface area contributed by atoms with Crippen molar-refractivity contribution < 1.29 is 9.53 Å². The largest absolute Gasteiger partial charge is 0.378 e. The number of halogens is 1. The number of carbonyl (C=O) groups excluding carboxylic acids is 1. The molecule has 2 aliphatic heterocycles. The third kappa shape index (κ3) is 3.75. The predicted octanol–water partition coefficient (Wildman–Crippen LogP) is 4.01. The van der Waals surface area contributed by atoms with Crippen LogP contribution in [0.5, 0.6) is 0 Å². The minimum atomic E-state index is -0.225. The van der Waals surface area contributed by atoms with Crippen molar-refractivity contribution in [3.8, 4) is 5.00 Å². The lowest BCUT2D eigenvalue weighted by Gasteiger charge is -2.28. The topological polar surface area (TPSA) is 59.7 Å². The highest BCUT2D eigenvalue weighted by molar-refractivity contribution is 7.15. The van der Waals surface area contributed by atoms with E-state index >= 15 is 0 Å². The van der Waals surface area contributed by atoms with Gasteiger partial charge in [0.05, 0.1) is 25.1 Å². The first kappa shape index (κ1) is 20.2. The van der Waals surface area contributed by atoms with Gasteiger partial charge in [-0.15, -0.1) is 11.3 Å². The van der Waals surface area contributed by atoms with Crippen LogP contribution in [0.2, 0.25) is 5.02 Å². The second-order valence-electron chi connectivity index (χ2n) is 7.57. The highest BCUT2D eigenvalue weighted by Gasteiger charge is 2.27. The number of morpholine rings is 1. The fourth-order valence-electron chi connectivity index (χ4n) is 4.10. The molecule has 6 nitrogen and oxygen atoms in total. The molecule has 158 valence electrons. The number of fused-ring (bicyclic) bond motifs is 3. The van der Waals surface area contributed by atoms with E-state index in [0.29, 0.717) is 30.4 Å². The fraction of sp³-hybridized carbons (Fsp3) is 0.304. The first-order valence-electron chi connectivity index (χ1n) is 10.2. The second kappa shape index (κ2) is 8.44. The molecule has 31 heavy (non-hydrogen) atoms. The van der Waals surface area contributed by atoms with E-state index in [1.807, 2.05) is 43.6 Å². The van der Waals surface area contributed by atoms with Gasteiger partial charge in [0.25, 0.3) is 0 Å². The van der Waals surface area contributed by atoms with Gasteiger partial charge in [-0.2, -0.15) is 0 Å². The van der Waals surface area contributed by atoms with Crippen LogP contribution in [0.4, 0.5) is 0 Å². The second-order valence-corrected chi connectivity index (χ2v) is 9.09. The van der Waals surface area contributed by atoms with Gasteiger partial charge in [0.2, 0.25) is 0 Å². The summed E-state index contributed by atoms with van der Waals surface area (Å²) in [5.74, 6) is 3.04. The van der Waals surface area contributed by atoms with Crippen molar-refractivity contribution in [1.82, 2.24) is 14.5 Å². The Morgan fingerprint density at radius 2 is 2.13 bits per heavy atom. The Hall–Kier alpha value is -2.70. The molecule has 1 unspecified atom stereocenters. The van der Waals surface area contributed by atoms with Crippen LogP contribution in [-0.4, -0.2) is 52.9 Å². The number of aliphatic imine (C=N–C) groups is 1. The lowest BCUT2D eigenvalue weighted by Crippen LogP contribution is -2.36. The molecule has 0 radical (unpaired) electrons. The number of benzene rings is 1. The molecule has 0 amide bonds. The van der Waals surface area contributed by atoms with Gasteiger partial charge in [0.15, 0.2) is 0 Å². The van der Waals surface area contributed by atoms with Gasteiger partial charge in [0, 0.05) is 46.8 Å². The monoisotopic (exact) mass is 452 g/mol.